The Hall–Kier alpha value is -2.95. The van der Waals surface area contributed by atoms with Gasteiger partial charge in [0.2, 0.25) is 5.91 Å². The number of hydrogen-bond donors (Lipinski definition) is 1. The number of para-hydroxylation sites is 1. The Kier molecular flexibility index (Phi) is 5.84. The Bertz CT molecular complexity index is 753. The summed E-state index contributed by atoms with van der Waals surface area (Å²) in [7, 11) is 4.73. The molecule has 0 bridgehead atoms. The summed E-state index contributed by atoms with van der Waals surface area (Å²) in [4.78, 5) is 12.2. The number of nitrogens with one attached hydrogen (secondary N) is 1. The standard InChI is InChI=1S/C19H21NO4/c1-13-11-17(23-3)18(24-4)12-15(13)20-19(21)10-9-14-7-5-6-8-16(14)22-2/h5-12H,1-4H3,(H,20,21). The highest BCUT2D eigenvalue weighted by molar-refractivity contribution is 6.02. The van der Waals surface area contributed by atoms with Crippen LogP contribution in [0, 0.1) is 6.92 Å². The van der Waals surface area contributed by atoms with Gasteiger partial charge < -0.3 is 19.5 Å². The zero-order valence-electron chi connectivity index (χ0n) is 14.3. The van der Waals surface area contributed by atoms with Gasteiger partial charge in [0.25, 0.3) is 0 Å². The molecule has 0 atom stereocenters. The fraction of sp³-hybridized carbons (Fsp3) is 0.211. The van der Waals surface area contributed by atoms with Crippen LogP contribution in [0.4, 0.5) is 5.69 Å². The van der Waals surface area contributed by atoms with Gasteiger partial charge in [-0.15, -0.1) is 0 Å². The van der Waals surface area contributed by atoms with E-state index in [-0.39, 0.29) is 5.91 Å². The van der Waals surface area contributed by atoms with Crippen LogP contribution in [-0.4, -0.2) is 27.2 Å². The van der Waals surface area contributed by atoms with Crippen molar-refractivity contribution in [3.05, 3.63) is 53.6 Å². The first-order chi connectivity index (χ1) is 11.6. The molecule has 2 rings (SSSR count). The minimum atomic E-state index is -0.240. The van der Waals surface area contributed by atoms with E-state index >= 15 is 0 Å². The third-order valence-electron chi connectivity index (χ3n) is 3.54. The van der Waals surface area contributed by atoms with Gasteiger partial charge in [-0.05, 0) is 30.7 Å². The highest BCUT2D eigenvalue weighted by atomic mass is 16.5. The summed E-state index contributed by atoms with van der Waals surface area (Å²) in [5, 5.41) is 2.84. The molecule has 0 heterocycles. The Labute approximate surface area is 141 Å². The van der Waals surface area contributed by atoms with Gasteiger partial charge in [0.15, 0.2) is 11.5 Å². The summed E-state index contributed by atoms with van der Waals surface area (Å²) in [5.74, 6) is 1.66. The van der Waals surface area contributed by atoms with Gasteiger partial charge in [-0.3, -0.25) is 4.79 Å². The molecule has 0 spiro atoms. The van der Waals surface area contributed by atoms with E-state index in [1.165, 1.54) is 6.08 Å². The topological polar surface area (TPSA) is 56.8 Å². The van der Waals surface area contributed by atoms with Crippen LogP contribution in [0.5, 0.6) is 17.2 Å². The molecule has 0 aromatic heterocycles. The zero-order chi connectivity index (χ0) is 17.5. The van der Waals surface area contributed by atoms with E-state index in [2.05, 4.69) is 5.32 Å². The van der Waals surface area contributed by atoms with Crippen molar-refractivity contribution in [2.45, 2.75) is 6.92 Å². The second-order valence-electron chi connectivity index (χ2n) is 5.09. The third-order valence-corrected chi connectivity index (χ3v) is 3.54. The largest absolute Gasteiger partial charge is 0.496 e. The number of carbonyl (C=O) groups excluding carboxylic acids is 1. The number of rotatable bonds is 6. The van der Waals surface area contributed by atoms with Gasteiger partial charge in [-0.25, -0.2) is 0 Å². The van der Waals surface area contributed by atoms with E-state index < -0.39 is 0 Å². The van der Waals surface area contributed by atoms with Crippen molar-refractivity contribution in [2.75, 3.05) is 26.6 Å². The summed E-state index contributed by atoms with van der Waals surface area (Å²) in [6.45, 7) is 1.89. The predicted octanol–water partition coefficient (Wildman–Crippen LogP) is 3.67. The number of hydrogen-bond acceptors (Lipinski definition) is 4. The maximum atomic E-state index is 12.2. The molecule has 1 N–H and O–H groups in total. The molecule has 1 amide bonds. The molecule has 0 saturated carbocycles. The zero-order valence-corrected chi connectivity index (χ0v) is 14.3. The van der Waals surface area contributed by atoms with Crippen molar-refractivity contribution in [3.8, 4) is 17.2 Å². The van der Waals surface area contributed by atoms with E-state index in [1.807, 2.05) is 37.3 Å². The van der Waals surface area contributed by atoms with Gasteiger partial charge >= 0.3 is 0 Å². The molecule has 2 aromatic carbocycles. The average Bonchev–Trinajstić information content (AvgIpc) is 2.61. The van der Waals surface area contributed by atoms with Crippen molar-refractivity contribution in [1.82, 2.24) is 0 Å². The number of methoxy groups -OCH3 is 3. The van der Waals surface area contributed by atoms with Crippen LogP contribution in [0.3, 0.4) is 0 Å². The van der Waals surface area contributed by atoms with Crippen LogP contribution in [0.15, 0.2) is 42.5 Å². The van der Waals surface area contributed by atoms with E-state index in [0.717, 1.165) is 11.1 Å². The Balaban J connectivity index is 2.16. The summed E-state index contributed by atoms with van der Waals surface area (Å²) in [6.07, 6.45) is 3.18. The van der Waals surface area contributed by atoms with Crippen molar-refractivity contribution in [2.24, 2.45) is 0 Å². The Morgan fingerprint density at radius 3 is 2.25 bits per heavy atom. The van der Waals surface area contributed by atoms with Gasteiger partial charge in [0, 0.05) is 23.4 Å². The Morgan fingerprint density at radius 1 is 0.958 bits per heavy atom. The van der Waals surface area contributed by atoms with Crippen LogP contribution >= 0.6 is 0 Å². The number of anilines is 1. The summed E-state index contributed by atoms with van der Waals surface area (Å²) >= 11 is 0. The monoisotopic (exact) mass is 327 g/mol. The lowest BCUT2D eigenvalue weighted by molar-refractivity contribution is -0.111. The van der Waals surface area contributed by atoms with Gasteiger partial charge in [0.1, 0.15) is 5.75 Å². The second-order valence-corrected chi connectivity index (χ2v) is 5.09. The lowest BCUT2D eigenvalue weighted by atomic mass is 10.1. The first-order valence-electron chi connectivity index (χ1n) is 7.43. The highest BCUT2D eigenvalue weighted by Gasteiger charge is 2.10. The molecule has 0 unspecified atom stereocenters. The van der Waals surface area contributed by atoms with Crippen LogP contribution in [0.2, 0.25) is 0 Å². The highest BCUT2D eigenvalue weighted by Crippen LogP contribution is 2.32. The van der Waals surface area contributed by atoms with Crippen molar-refractivity contribution in [1.29, 1.82) is 0 Å². The molecule has 0 aliphatic rings. The molecule has 126 valence electrons. The van der Waals surface area contributed by atoms with E-state index in [4.69, 9.17) is 14.2 Å². The molecular weight excluding hydrogens is 306 g/mol. The van der Waals surface area contributed by atoms with Gasteiger partial charge in [-0.1, -0.05) is 18.2 Å². The summed E-state index contributed by atoms with van der Waals surface area (Å²) in [5.41, 5.74) is 2.38. The summed E-state index contributed by atoms with van der Waals surface area (Å²) < 4.78 is 15.8. The molecule has 0 saturated heterocycles. The maximum Gasteiger partial charge on any atom is 0.248 e. The van der Waals surface area contributed by atoms with Crippen LogP contribution in [0.1, 0.15) is 11.1 Å². The van der Waals surface area contributed by atoms with Crippen molar-refractivity contribution in [3.63, 3.8) is 0 Å². The fourth-order valence-corrected chi connectivity index (χ4v) is 2.26. The number of carbonyl (C=O) groups is 1. The first kappa shape index (κ1) is 17.4. The molecule has 24 heavy (non-hydrogen) atoms. The SMILES string of the molecule is COc1ccccc1C=CC(=O)Nc1cc(OC)c(OC)cc1C. The lowest BCUT2D eigenvalue weighted by Crippen LogP contribution is -2.09. The smallest absolute Gasteiger partial charge is 0.248 e. The van der Waals surface area contributed by atoms with Crippen LogP contribution in [0.25, 0.3) is 6.08 Å². The molecule has 0 aliphatic heterocycles. The van der Waals surface area contributed by atoms with Crippen LogP contribution < -0.4 is 19.5 Å². The van der Waals surface area contributed by atoms with Gasteiger partial charge in [-0.2, -0.15) is 0 Å². The van der Waals surface area contributed by atoms with E-state index in [0.29, 0.717) is 22.9 Å². The van der Waals surface area contributed by atoms with Crippen molar-refractivity contribution < 1.29 is 19.0 Å². The average molecular weight is 327 g/mol. The van der Waals surface area contributed by atoms with E-state index in [9.17, 15) is 4.79 Å². The van der Waals surface area contributed by atoms with E-state index in [1.54, 1.807) is 33.5 Å². The molecule has 0 radical (unpaired) electrons. The van der Waals surface area contributed by atoms with Crippen LogP contribution in [-0.2, 0) is 4.79 Å². The molecule has 2 aromatic rings. The quantitative estimate of drug-likeness (QED) is 0.823. The molecule has 0 aliphatic carbocycles. The fourth-order valence-electron chi connectivity index (χ4n) is 2.26. The molecule has 5 nitrogen and oxygen atoms in total. The van der Waals surface area contributed by atoms with Gasteiger partial charge in [0.05, 0.1) is 21.3 Å². The van der Waals surface area contributed by atoms with Crippen molar-refractivity contribution >= 4 is 17.7 Å². The predicted molar refractivity (Wildman–Crippen MR) is 94.9 cm³/mol. The Morgan fingerprint density at radius 2 is 1.58 bits per heavy atom. The molecule has 0 fully saturated rings. The number of aryl methyl sites for hydroxylation is 1. The first-order valence-corrected chi connectivity index (χ1v) is 7.43. The summed E-state index contributed by atoms with van der Waals surface area (Å²) in [6, 6.07) is 11.0. The minimum absolute atomic E-state index is 0.240. The maximum absolute atomic E-state index is 12.2. The number of benzene rings is 2. The lowest BCUT2D eigenvalue weighted by Gasteiger charge is -2.13. The third kappa shape index (κ3) is 4.07. The number of ether oxygens (including phenoxy) is 3. The molecule has 5 heteroatoms. The molecular formula is C19H21NO4. The minimum Gasteiger partial charge on any atom is -0.496 e. The second kappa shape index (κ2) is 8.06. The number of amides is 1. The normalized spacial score (nSPS) is 10.5.